The van der Waals surface area contributed by atoms with E-state index in [1.54, 1.807) is 13.0 Å². The van der Waals surface area contributed by atoms with Gasteiger partial charge in [-0.05, 0) is 56.2 Å². The molecule has 0 saturated heterocycles. The highest BCUT2D eigenvalue weighted by molar-refractivity contribution is 6.30. The molecule has 162 valence electrons. The number of benzene rings is 2. The van der Waals surface area contributed by atoms with Crippen molar-refractivity contribution >= 4 is 29.3 Å². The second-order valence-corrected chi connectivity index (χ2v) is 7.22. The molecule has 0 unspecified atom stereocenters. The fourth-order valence-electron chi connectivity index (χ4n) is 2.98. The van der Waals surface area contributed by atoms with E-state index in [2.05, 4.69) is 10.4 Å². The fraction of sp³-hybridized carbons (Fsp3) is 0.261. The molecule has 1 N–H and O–H groups in total. The minimum atomic E-state index is -0.540. The van der Waals surface area contributed by atoms with Crippen LogP contribution in [0.25, 0.3) is 5.69 Å². The van der Waals surface area contributed by atoms with Crippen LogP contribution in [-0.4, -0.2) is 34.9 Å². The number of anilines is 1. The van der Waals surface area contributed by atoms with E-state index in [0.717, 1.165) is 17.0 Å². The van der Waals surface area contributed by atoms with Crippen LogP contribution in [0.3, 0.4) is 0 Å². The third-order valence-electron chi connectivity index (χ3n) is 4.47. The number of hydrogen-bond donors (Lipinski definition) is 1. The Bertz CT molecular complexity index is 1050. The average molecular weight is 442 g/mol. The van der Waals surface area contributed by atoms with Gasteiger partial charge in [-0.1, -0.05) is 29.8 Å². The standard InChI is InChI=1S/C23H24ClN3O4/c1-3-30-23(29)19-15-25-27(18-8-5-4-6-9-18)22(19)26-21(28)10-7-13-31-20-12-11-17(24)14-16(20)2/h4-6,8-9,11-12,14-15H,3,7,10,13H2,1-2H3,(H,26,28). The van der Waals surface area contributed by atoms with Gasteiger partial charge in [0.25, 0.3) is 0 Å². The van der Waals surface area contributed by atoms with Crippen LogP contribution in [0.15, 0.2) is 54.7 Å². The Morgan fingerprint density at radius 1 is 1.16 bits per heavy atom. The van der Waals surface area contributed by atoms with Crippen LogP contribution in [0, 0.1) is 6.92 Å². The maximum Gasteiger partial charge on any atom is 0.343 e. The van der Waals surface area contributed by atoms with Crippen molar-refractivity contribution in [1.82, 2.24) is 9.78 Å². The van der Waals surface area contributed by atoms with Gasteiger partial charge in [0.1, 0.15) is 11.3 Å². The number of aryl methyl sites for hydroxylation is 1. The molecule has 31 heavy (non-hydrogen) atoms. The number of nitrogens with zero attached hydrogens (tertiary/aromatic N) is 2. The van der Waals surface area contributed by atoms with Gasteiger partial charge in [-0.2, -0.15) is 5.10 Å². The number of ether oxygens (including phenoxy) is 2. The van der Waals surface area contributed by atoms with E-state index in [4.69, 9.17) is 21.1 Å². The van der Waals surface area contributed by atoms with Gasteiger partial charge in [-0.25, -0.2) is 9.48 Å². The number of halogens is 1. The van der Waals surface area contributed by atoms with E-state index in [1.165, 1.54) is 10.9 Å². The second kappa shape index (κ2) is 10.6. The predicted octanol–water partition coefficient (Wildman–Crippen LogP) is 4.81. The molecule has 0 aliphatic carbocycles. The molecule has 0 fully saturated rings. The van der Waals surface area contributed by atoms with Gasteiger partial charge in [0.05, 0.1) is 25.1 Å². The number of nitrogens with one attached hydrogen (secondary N) is 1. The van der Waals surface area contributed by atoms with Crippen molar-refractivity contribution in [2.24, 2.45) is 0 Å². The summed E-state index contributed by atoms with van der Waals surface area (Å²) >= 11 is 5.95. The summed E-state index contributed by atoms with van der Waals surface area (Å²) in [5.74, 6) is 0.224. The molecule has 0 spiro atoms. The van der Waals surface area contributed by atoms with Gasteiger partial charge in [-0.15, -0.1) is 0 Å². The van der Waals surface area contributed by atoms with E-state index in [-0.39, 0.29) is 30.3 Å². The number of esters is 1. The van der Waals surface area contributed by atoms with Crippen molar-refractivity contribution < 1.29 is 19.1 Å². The first-order valence-corrected chi connectivity index (χ1v) is 10.4. The lowest BCUT2D eigenvalue weighted by Crippen LogP contribution is -2.18. The zero-order chi connectivity index (χ0) is 22.2. The van der Waals surface area contributed by atoms with E-state index in [0.29, 0.717) is 18.1 Å². The highest BCUT2D eigenvalue weighted by atomic mass is 35.5. The topological polar surface area (TPSA) is 82.5 Å². The molecule has 0 atom stereocenters. The van der Waals surface area contributed by atoms with Crippen molar-refractivity contribution in [2.75, 3.05) is 18.5 Å². The summed E-state index contributed by atoms with van der Waals surface area (Å²) in [6, 6.07) is 14.6. The summed E-state index contributed by atoms with van der Waals surface area (Å²) in [4.78, 5) is 24.9. The smallest absolute Gasteiger partial charge is 0.343 e. The van der Waals surface area contributed by atoms with Gasteiger partial charge in [0.15, 0.2) is 5.82 Å². The van der Waals surface area contributed by atoms with Crippen molar-refractivity contribution in [1.29, 1.82) is 0 Å². The van der Waals surface area contributed by atoms with Crippen LogP contribution in [0.1, 0.15) is 35.7 Å². The minimum Gasteiger partial charge on any atom is -0.493 e. The molecule has 8 heteroatoms. The Balaban J connectivity index is 1.65. The van der Waals surface area contributed by atoms with Crippen molar-refractivity contribution in [2.45, 2.75) is 26.7 Å². The lowest BCUT2D eigenvalue weighted by atomic mass is 10.2. The van der Waals surface area contributed by atoms with Crippen LogP contribution >= 0.6 is 11.6 Å². The molecule has 1 heterocycles. The Morgan fingerprint density at radius 3 is 2.65 bits per heavy atom. The molecule has 3 rings (SSSR count). The molecule has 1 aromatic heterocycles. The fourth-order valence-corrected chi connectivity index (χ4v) is 3.20. The van der Waals surface area contributed by atoms with E-state index in [1.807, 2.05) is 49.4 Å². The minimum absolute atomic E-state index is 0.201. The second-order valence-electron chi connectivity index (χ2n) is 6.78. The summed E-state index contributed by atoms with van der Waals surface area (Å²) in [6.07, 6.45) is 2.12. The van der Waals surface area contributed by atoms with Gasteiger partial charge < -0.3 is 14.8 Å². The summed E-state index contributed by atoms with van der Waals surface area (Å²) < 4.78 is 12.3. The number of rotatable bonds is 9. The lowest BCUT2D eigenvalue weighted by molar-refractivity contribution is -0.116. The molecule has 7 nitrogen and oxygen atoms in total. The SMILES string of the molecule is CCOC(=O)c1cnn(-c2ccccc2)c1NC(=O)CCCOc1ccc(Cl)cc1C. The van der Waals surface area contributed by atoms with Crippen LogP contribution in [-0.2, 0) is 9.53 Å². The Kier molecular flexibility index (Phi) is 7.67. The molecule has 1 amide bonds. The van der Waals surface area contributed by atoms with Crippen LogP contribution in [0.5, 0.6) is 5.75 Å². The molecular formula is C23H24ClN3O4. The number of para-hydroxylation sites is 1. The Morgan fingerprint density at radius 2 is 1.94 bits per heavy atom. The van der Waals surface area contributed by atoms with Crippen molar-refractivity contribution in [3.63, 3.8) is 0 Å². The summed E-state index contributed by atoms with van der Waals surface area (Å²) in [5.41, 5.74) is 1.85. The number of carbonyl (C=O) groups is 2. The zero-order valence-corrected chi connectivity index (χ0v) is 18.2. The molecule has 0 bridgehead atoms. The van der Waals surface area contributed by atoms with Crippen molar-refractivity contribution in [3.8, 4) is 11.4 Å². The largest absolute Gasteiger partial charge is 0.493 e. The Labute approximate surface area is 185 Å². The van der Waals surface area contributed by atoms with Crippen LogP contribution < -0.4 is 10.1 Å². The third-order valence-corrected chi connectivity index (χ3v) is 4.70. The maximum atomic E-state index is 12.6. The highest BCUT2D eigenvalue weighted by Gasteiger charge is 2.21. The molecule has 0 radical (unpaired) electrons. The molecular weight excluding hydrogens is 418 g/mol. The maximum absolute atomic E-state index is 12.6. The predicted molar refractivity (Wildman–Crippen MR) is 119 cm³/mol. The van der Waals surface area contributed by atoms with Gasteiger partial charge in [0, 0.05) is 11.4 Å². The number of carbonyl (C=O) groups excluding carboxylic acids is 2. The van der Waals surface area contributed by atoms with E-state index < -0.39 is 5.97 Å². The van der Waals surface area contributed by atoms with E-state index in [9.17, 15) is 9.59 Å². The molecule has 0 saturated carbocycles. The molecule has 0 aliphatic rings. The first kappa shape index (κ1) is 22.4. The van der Waals surface area contributed by atoms with Gasteiger partial charge in [-0.3, -0.25) is 4.79 Å². The molecule has 3 aromatic rings. The Hall–Kier alpha value is -3.32. The van der Waals surface area contributed by atoms with Gasteiger partial charge in [0.2, 0.25) is 5.91 Å². The molecule has 0 aliphatic heterocycles. The quantitative estimate of drug-likeness (QED) is 0.380. The normalized spacial score (nSPS) is 10.5. The number of amides is 1. The number of hydrogen-bond acceptors (Lipinski definition) is 5. The third kappa shape index (κ3) is 5.86. The summed E-state index contributed by atoms with van der Waals surface area (Å²) in [5, 5.41) is 7.71. The monoisotopic (exact) mass is 441 g/mol. The highest BCUT2D eigenvalue weighted by Crippen LogP contribution is 2.23. The first-order chi connectivity index (χ1) is 15.0. The number of aromatic nitrogens is 2. The first-order valence-electron chi connectivity index (χ1n) is 9.99. The van der Waals surface area contributed by atoms with Crippen molar-refractivity contribution in [3.05, 3.63) is 70.9 Å². The average Bonchev–Trinajstić information content (AvgIpc) is 3.16. The van der Waals surface area contributed by atoms with E-state index >= 15 is 0 Å². The van der Waals surface area contributed by atoms with Gasteiger partial charge >= 0.3 is 5.97 Å². The zero-order valence-electron chi connectivity index (χ0n) is 17.4. The lowest BCUT2D eigenvalue weighted by Gasteiger charge is -2.12. The van der Waals surface area contributed by atoms with Crippen LogP contribution in [0.4, 0.5) is 5.82 Å². The summed E-state index contributed by atoms with van der Waals surface area (Å²) in [7, 11) is 0. The molecule has 2 aromatic carbocycles. The van der Waals surface area contributed by atoms with Crippen LogP contribution in [0.2, 0.25) is 5.02 Å². The summed E-state index contributed by atoms with van der Waals surface area (Å²) in [6.45, 7) is 4.23.